The zero-order valence-electron chi connectivity index (χ0n) is 6.10. The monoisotopic (exact) mass is 194 g/mol. The number of hydrogen-bond donors (Lipinski definition) is 1. The Bertz CT molecular complexity index is 113. The molecule has 1 atom stereocenters. The molecule has 2 nitrogen and oxygen atoms in total. The Balaban J connectivity index is 0. The molecule has 0 aromatic rings. The second-order valence-corrected chi connectivity index (χ2v) is 2.08. The van der Waals surface area contributed by atoms with E-state index in [1.54, 1.807) is 0 Å². The molecule has 0 fully saturated rings. The summed E-state index contributed by atoms with van der Waals surface area (Å²) in [6.07, 6.45) is -4.87. The fourth-order valence-corrected chi connectivity index (χ4v) is 0.321. The first kappa shape index (κ1) is 13.6. The summed E-state index contributed by atoms with van der Waals surface area (Å²) >= 11 is 0. The van der Waals surface area contributed by atoms with Crippen molar-refractivity contribution >= 4 is 12.4 Å². The van der Waals surface area contributed by atoms with Crippen molar-refractivity contribution in [3.8, 4) is 0 Å². The molecule has 1 unspecified atom stereocenters. The van der Waals surface area contributed by atoms with Crippen LogP contribution >= 0.6 is 12.4 Å². The summed E-state index contributed by atoms with van der Waals surface area (Å²) in [5, 5.41) is 8.72. The van der Waals surface area contributed by atoms with Crippen LogP contribution in [0, 0.1) is 0 Å². The van der Waals surface area contributed by atoms with E-state index in [2.05, 4.69) is 4.74 Å². The standard InChI is InChI=1S/C5H9F3O2.ClH/c1-3-4(2,9)10-5(6,7)8;/h9H,3H2,1-2H3;1H. The van der Waals surface area contributed by atoms with Gasteiger partial charge < -0.3 is 5.11 Å². The predicted octanol–water partition coefficient (Wildman–Crippen LogP) is 2.06. The Morgan fingerprint density at radius 3 is 1.82 bits per heavy atom. The average molecular weight is 195 g/mol. The SMILES string of the molecule is CCC(C)(O)OC(F)(F)F.Cl. The van der Waals surface area contributed by atoms with E-state index in [4.69, 9.17) is 5.11 Å². The Morgan fingerprint density at radius 2 is 1.73 bits per heavy atom. The lowest BCUT2D eigenvalue weighted by atomic mass is 10.2. The molecule has 0 rings (SSSR count). The minimum Gasteiger partial charge on any atom is -0.365 e. The number of ether oxygens (including phenoxy) is 1. The zero-order chi connectivity index (χ0) is 8.41. The molecule has 6 heteroatoms. The third-order valence-electron chi connectivity index (χ3n) is 0.992. The molecule has 0 aliphatic rings. The summed E-state index contributed by atoms with van der Waals surface area (Å²) in [7, 11) is 0. The molecule has 70 valence electrons. The highest BCUT2D eigenvalue weighted by atomic mass is 35.5. The van der Waals surface area contributed by atoms with Gasteiger partial charge in [-0.3, -0.25) is 4.74 Å². The van der Waals surface area contributed by atoms with Gasteiger partial charge in [0.25, 0.3) is 0 Å². The molecule has 0 heterocycles. The zero-order valence-corrected chi connectivity index (χ0v) is 6.92. The first-order valence-corrected chi connectivity index (χ1v) is 2.76. The van der Waals surface area contributed by atoms with Gasteiger partial charge in [0.2, 0.25) is 0 Å². The molecule has 0 saturated carbocycles. The van der Waals surface area contributed by atoms with Gasteiger partial charge in [-0.2, -0.15) is 0 Å². The number of rotatable bonds is 2. The molecule has 11 heavy (non-hydrogen) atoms. The van der Waals surface area contributed by atoms with E-state index in [9.17, 15) is 13.2 Å². The third-order valence-corrected chi connectivity index (χ3v) is 0.992. The van der Waals surface area contributed by atoms with Crippen molar-refractivity contribution in [2.24, 2.45) is 0 Å². The summed E-state index contributed by atoms with van der Waals surface area (Å²) in [5.74, 6) is -2.10. The smallest absolute Gasteiger partial charge is 0.365 e. The van der Waals surface area contributed by atoms with Crippen LogP contribution in [0.2, 0.25) is 0 Å². The van der Waals surface area contributed by atoms with Crippen molar-refractivity contribution in [1.82, 2.24) is 0 Å². The van der Waals surface area contributed by atoms with Crippen molar-refractivity contribution in [3.05, 3.63) is 0 Å². The van der Waals surface area contributed by atoms with Gasteiger partial charge in [-0.25, -0.2) is 0 Å². The van der Waals surface area contributed by atoms with E-state index in [1.807, 2.05) is 0 Å². The Labute approximate surface area is 68.8 Å². The summed E-state index contributed by atoms with van der Waals surface area (Å²) in [4.78, 5) is 0. The van der Waals surface area contributed by atoms with Crippen LogP contribution < -0.4 is 0 Å². The third kappa shape index (κ3) is 7.90. The van der Waals surface area contributed by atoms with E-state index in [1.165, 1.54) is 6.92 Å². The van der Waals surface area contributed by atoms with Gasteiger partial charge in [0, 0.05) is 0 Å². The van der Waals surface area contributed by atoms with Crippen LogP contribution in [0.25, 0.3) is 0 Å². The van der Waals surface area contributed by atoms with E-state index < -0.39 is 12.1 Å². The van der Waals surface area contributed by atoms with Crippen LogP contribution in [-0.2, 0) is 4.74 Å². The van der Waals surface area contributed by atoms with Crippen LogP contribution in [0.1, 0.15) is 20.3 Å². The Morgan fingerprint density at radius 1 is 1.36 bits per heavy atom. The van der Waals surface area contributed by atoms with Crippen LogP contribution in [0.5, 0.6) is 0 Å². The summed E-state index contributed by atoms with van der Waals surface area (Å²) in [6.45, 7) is 2.35. The lowest BCUT2D eigenvalue weighted by Gasteiger charge is -2.22. The van der Waals surface area contributed by atoms with E-state index in [0.717, 1.165) is 6.92 Å². The summed E-state index contributed by atoms with van der Waals surface area (Å²) in [6, 6.07) is 0. The second-order valence-electron chi connectivity index (χ2n) is 2.08. The van der Waals surface area contributed by atoms with E-state index in [0.29, 0.717) is 0 Å². The van der Waals surface area contributed by atoms with Crippen LogP contribution in [0.3, 0.4) is 0 Å². The van der Waals surface area contributed by atoms with Crippen molar-refractivity contribution in [1.29, 1.82) is 0 Å². The minimum atomic E-state index is -4.76. The second kappa shape index (κ2) is 4.13. The normalized spacial score (nSPS) is 16.9. The van der Waals surface area contributed by atoms with Gasteiger partial charge in [0.05, 0.1) is 0 Å². The van der Waals surface area contributed by atoms with Crippen molar-refractivity contribution in [3.63, 3.8) is 0 Å². The molecule has 0 radical (unpaired) electrons. The summed E-state index contributed by atoms with van der Waals surface area (Å²) in [5.41, 5.74) is 0. The maximum Gasteiger partial charge on any atom is 0.524 e. The molecule has 0 aromatic carbocycles. The average Bonchev–Trinajstić information content (AvgIpc) is 1.60. The van der Waals surface area contributed by atoms with Gasteiger partial charge >= 0.3 is 6.36 Å². The van der Waals surface area contributed by atoms with Gasteiger partial charge in [0.15, 0.2) is 5.79 Å². The highest BCUT2D eigenvalue weighted by Crippen LogP contribution is 2.24. The van der Waals surface area contributed by atoms with Gasteiger partial charge in [0.1, 0.15) is 0 Å². The molecule has 0 aliphatic heterocycles. The van der Waals surface area contributed by atoms with E-state index >= 15 is 0 Å². The first-order valence-electron chi connectivity index (χ1n) is 2.76. The number of halogens is 4. The lowest BCUT2D eigenvalue weighted by molar-refractivity contribution is -0.405. The molecule has 0 amide bonds. The van der Waals surface area contributed by atoms with Crippen molar-refractivity contribution in [2.75, 3.05) is 0 Å². The lowest BCUT2D eigenvalue weighted by Crippen LogP contribution is -2.34. The molecule has 0 aliphatic carbocycles. The largest absolute Gasteiger partial charge is 0.524 e. The maximum atomic E-state index is 11.4. The predicted molar refractivity (Wildman–Crippen MR) is 35.3 cm³/mol. The van der Waals surface area contributed by atoms with Crippen LogP contribution in [0.4, 0.5) is 13.2 Å². The number of aliphatic hydroxyl groups is 1. The van der Waals surface area contributed by atoms with Gasteiger partial charge in [-0.05, 0) is 13.3 Å². The maximum absolute atomic E-state index is 11.4. The Kier molecular flexibility index (Phi) is 5.10. The molecule has 0 spiro atoms. The van der Waals surface area contributed by atoms with E-state index in [-0.39, 0.29) is 18.8 Å². The molecular formula is C5H10ClF3O2. The molecule has 0 bridgehead atoms. The van der Waals surface area contributed by atoms with Crippen LogP contribution in [0.15, 0.2) is 0 Å². The van der Waals surface area contributed by atoms with Crippen molar-refractivity contribution in [2.45, 2.75) is 32.4 Å². The molecule has 0 saturated heterocycles. The number of hydrogen-bond acceptors (Lipinski definition) is 2. The first-order chi connectivity index (χ1) is 4.27. The van der Waals surface area contributed by atoms with Gasteiger partial charge in [-0.1, -0.05) is 6.92 Å². The fraction of sp³-hybridized carbons (Fsp3) is 1.00. The molecular weight excluding hydrogens is 184 g/mol. The highest BCUT2D eigenvalue weighted by molar-refractivity contribution is 5.85. The minimum absolute atomic E-state index is 0. The van der Waals surface area contributed by atoms with Crippen LogP contribution in [-0.4, -0.2) is 17.3 Å². The molecule has 1 N–H and O–H groups in total. The highest BCUT2D eigenvalue weighted by Gasteiger charge is 2.38. The van der Waals surface area contributed by atoms with Gasteiger partial charge in [-0.15, -0.1) is 25.6 Å². The topological polar surface area (TPSA) is 29.5 Å². The number of alkyl halides is 3. The fourth-order valence-electron chi connectivity index (χ4n) is 0.321. The summed E-state index contributed by atoms with van der Waals surface area (Å²) < 4.78 is 37.4. The molecule has 0 aromatic heterocycles. The quantitative estimate of drug-likeness (QED) is 0.682. The van der Waals surface area contributed by atoms with Crippen molar-refractivity contribution < 1.29 is 23.0 Å². The Hall–Kier alpha value is -0.0000000000000000555.